The van der Waals surface area contributed by atoms with Gasteiger partial charge in [-0.25, -0.2) is 14.1 Å². The number of hydrogen-bond acceptors (Lipinski definition) is 3. The Morgan fingerprint density at radius 2 is 2.21 bits per heavy atom. The molecule has 0 amide bonds. The highest BCUT2D eigenvalue weighted by atomic mass is 35.5. The highest BCUT2D eigenvalue weighted by molar-refractivity contribution is 6.28. The second-order valence-electron chi connectivity index (χ2n) is 2.67. The minimum Gasteiger partial charge on any atom is -0.399 e. The van der Waals surface area contributed by atoms with Gasteiger partial charge in [-0.05, 0) is 29.8 Å². The van der Waals surface area contributed by atoms with Gasteiger partial charge in [0.25, 0.3) is 0 Å². The van der Waals surface area contributed by atoms with Crippen LogP contribution in [0.15, 0.2) is 24.5 Å². The maximum absolute atomic E-state index is 13.3. The van der Waals surface area contributed by atoms with E-state index in [4.69, 9.17) is 17.3 Å². The zero-order chi connectivity index (χ0) is 10.1. The zero-order valence-corrected chi connectivity index (χ0v) is 7.74. The van der Waals surface area contributed by atoms with Crippen LogP contribution in [0.25, 0.3) is 5.69 Å². The summed E-state index contributed by atoms with van der Waals surface area (Å²) in [4.78, 5) is 3.68. The summed E-state index contributed by atoms with van der Waals surface area (Å²) in [6.45, 7) is 0. The van der Waals surface area contributed by atoms with Crippen molar-refractivity contribution in [3.8, 4) is 5.69 Å². The number of anilines is 1. The second kappa shape index (κ2) is 3.26. The molecule has 4 nitrogen and oxygen atoms in total. The van der Waals surface area contributed by atoms with Gasteiger partial charge in [0.05, 0.1) is 0 Å². The van der Waals surface area contributed by atoms with E-state index in [-0.39, 0.29) is 11.0 Å². The van der Waals surface area contributed by atoms with Gasteiger partial charge in [0.2, 0.25) is 5.28 Å². The Labute approximate surface area is 84.1 Å². The van der Waals surface area contributed by atoms with Gasteiger partial charge in [0.15, 0.2) is 5.82 Å². The molecule has 1 aromatic carbocycles. The molecule has 2 aromatic rings. The first kappa shape index (κ1) is 8.96. The quantitative estimate of drug-likeness (QED) is 0.732. The number of halogens is 2. The van der Waals surface area contributed by atoms with Crippen molar-refractivity contribution >= 4 is 17.3 Å². The van der Waals surface area contributed by atoms with Gasteiger partial charge in [-0.15, -0.1) is 5.10 Å². The normalized spacial score (nSPS) is 10.4. The van der Waals surface area contributed by atoms with Crippen LogP contribution in [-0.2, 0) is 0 Å². The zero-order valence-electron chi connectivity index (χ0n) is 6.98. The van der Waals surface area contributed by atoms with Gasteiger partial charge in [-0.2, -0.15) is 0 Å². The summed E-state index contributed by atoms with van der Waals surface area (Å²) < 4.78 is 14.6. The molecule has 0 aliphatic rings. The lowest BCUT2D eigenvalue weighted by Gasteiger charge is -2.02. The van der Waals surface area contributed by atoms with E-state index in [0.29, 0.717) is 5.69 Å². The van der Waals surface area contributed by atoms with Crippen molar-refractivity contribution < 1.29 is 4.39 Å². The monoisotopic (exact) mass is 212 g/mol. The number of nitrogen functional groups attached to an aromatic ring is 1. The van der Waals surface area contributed by atoms with Gasteiger partial charge in [-0.1, -0.05) is 0 Å². The third kappa shape index (κ3) is 1.54. The molecule has 14 heavy (non-hydrogen) atoms. The largest absolute Gasteiger partial charge is 0.399 e. The molecule has 0 fully saturated rings. The van der Waals surface area contributed by atoms with Gasteiger partial charge in [-0.3, -0.25) is 0 Å². The van der Waals surface area contributed by atoms with Crippen molar-refractivity contribution in [2.75, 3.05) is 5.73 Å². The maximum Gasteiger partial charge on any atom is 0.242 e. The van der Waals surface area contributed by atoms with E-state index >= 15 is 0 Å². The molecule has 0 spiro atoms. The summed E-state index contributed by atoms with van der Waals surface area (Å²) in [6.07, 6.45) is 1.33. The van der Waals surface area contributed by atoms with E-state index in [0.717, 1.165) is 0 Å². The molecule has 0 saturated carbocycles. The third-order valence-corrected chi connectivity index (χ3v) is 1.86. The van der Waals surface area contributed by atoms with Crippen molar-refractivity contribution in [1.82, 2.24) is 14.8 Å². The van der Waals surface area contributed by atoms with Crippen molar-refractivity contribution in [1.29, 1.82) is 0 Å². The van der Waals surface area contributed by atoms with E-state index < -0.39 is 5.82 Å². The summed E-state index contributed by atoms with van der Waals surface area (Å²) in [6, 6.07) is 4.30. The fraction of sp³-hybridized carbons (Fsp3) is 0. The summed E-state index contributed by atoms with van der Waals surface area (Å²) in [5.74, 6) is -0.466. The molecule has 0 atom stereocenters. The van der Waals surface area contributed by atoms with Crippen LogP contribution < -0.4 is 5.73 Å². The van der Waals surface area contributed by atoms with E-state index in [1.807, 2.05) is 0 Å². The summed E-state index contributed by atoms with van der Waals surface area (Å²) in [7, 11) is 0. The summed E-state index contributed by atoms with van der Waals surface area (Å²) in [5, 5.41) is 3.83. The van der Waals surface area contributed by atoms with E-state index in [1.54, 1.807) is 6.07 Å². The Kier molecular flexibility index (Phi) is 2.09. The fourth-order valence-electron chi connectivity index (χ4n) is 1.07. The molecule has 2 N–H and O–H groups in total. The lowest BCUT2D eigenvalue weighted by molar-refractivity contribution is 0.611. The number of aromatic nitrogens is 3. The average molecular weight is 213 g/mol. The summed E-state index contributed by atoms with van der Waals surface area (Å²) in [5.41, 5.74) is 6.02. The molecule has 0 saturated heterocycles. The number of nitrogens with zero attached hydrogens (tertiary/aromatic N) is 3. The van der Waals surface area contributed by atoms with Crippen LogP contribution in [0, 0.1) is 5.82 Å². The van der Waals surface area contributed by atoms with Crippen LogP contribution in [-0.4, -0.2) is 14.8 Å². The molecule has 0 bridgehead atoms. The standard InChI is InChI=1S/C8H6ClFN4/c9-8-12-4-14(13-8)7-2-1-5(11)3-6(7)10/h1-4H,11H2. The van der Waals surface area contributed by atoms with E-state index in [9.17, 15) is 4.39 Å². The Morgan fingerprint density at radius 1 is 1.43 bits per heavy atom. The first-order chi connectivity index (χ1) is 6.66. The number of rotatable bonds is 1. The van der Waals surface area contributed by atoms with E-state index in [2.05, 4.69) is 10.1 Å². The van der Waals surface area contributed by atoms with Gasteiger partial charge in [0, 0.05) is 5.69 Å². The fourth-order valence-corrected chi connectivity index (χ4v) is 1.19. The van der Waals surface area contributed by atoms with Crippen LogP contribution in [0.1, 0.15) is 0 Å². The molecule has 0 unspecified atom stereocenters. The van der Waals surface area contributed by atoms with Crippen LogP contribution in [0.5, 0.6) is 0 Å². The topological polar surface area (TPSA) is 56.7 Å². The van der Waals surface area contributed by atoms with Crippen molar-refractivity contribution in [3.05, 3.63) is 35.6 Å². The number of hydrogen-bond donors (Lipinski definition) is 1. The third-order valence-electron chi connectivity index (χ3n) is 1.68. The van der Waals surface area contributed by atoms with E-state index in [1.165, 1.54) is 23.1 Å². The Hall–Kier alpha value is -1.62. The first-order valence-corrected chi connectivity index (χ1v) is 4.17. The minimum atomic E-state index is -0.466. The lowest BCUT2D eigenvalue weighted by atomic mass is 10.3. The lowest BCUT2D eigenvalue weighted by Crippen LogP contribution is -1.99. The van der Waals surface area contributed by atoms with Crippen molar-refractivity contribution in [2.45, 2.75) is 0 Å². The molecule has 1 aromatic heterocycles. The highest BCUT2D eigenvalue weighted by Crippen LogP contribution is 2.15. The van der Waals surface area contributed by atoms with Crippen LogP contribution >= 0.6 is 11.6 Å². The second-order valence-corrected chi connectivity index (χ2v) is 3.01. The Morgan fingerprint density at radius 3 is 2.79 bits per heavy atom. The molecule has 0 radical (unpaired) electrons. The molecule has 2 rings (SSSR count). The maximum atomic E-state index is 13.3. The molecule has 0 aliphatic carbocycles. The van der Waals surface area contributed by atoms with Crippen LogP contribution in [0.3, 0.4) is 0 Å². The molecule has 72 valence electrons. The predicted molar refractivity (Wildman–Crippen MR) is 50.7 cm³/mol. The van der Waals surface area contributed by atoms with Crippen LogP contribution in [0.2, 0.25) is 5.28 Å². The molecular weight excluding hydrogens is 207 g/mol. The molecular formula is C8H6ClFN4. The average Bonchev–Trinajstić information content (AvgIpc) is 2.51. The number of nitrogens with two attached hydrogens (primary N) is 1. The smallest absolute Gasteiger partial charge is 0.242 e. The Balaban J connectivity index is 2.52. The predicted octanol–water partition coefficient (Wildman–Crippen LogP) is 1.64. The molecule has 1 heterocycles. The highest BCUT2D eigenvalue weighted by Gasteiger charge is 2.06. The van der Waals surface area contributed by atoms with Crippen LogP contribution in [0.4, 0.5) is 10.1 Å². The van der Waals surface area contributed by atoms with Gasteiger partial charge < -0.3 is 5.73 Å². The SMILES string of the molecule is Nc1ccc(-n2cnc(Cl)n2)c(F)c1. The molecule has 0 aliphatic heterocycles. The van der Waals surface area contributed by atoms with Crippen molar-refractivity contribution in [3.63, 3.8) is 0 Å². The molecule has 6 heteroatoms. The van der Waals surface area contributed by atoms with Crippen molar-refractivity contribution in [2.24, 2.45) is 0 Å². The summed E-state index contributed by atoms with van der Waals surface area (Å²) >= 11 is 5.50. The van der Waals surface area contributed by atoms with Gasteiger partial charge >= 0.3 is 0 Å². The minimum absolute atomic E-state index is 0.0706. The van der Waals surface area contributed by atoms with Gasteiger partial charge in [0.1, 0.15) is 12.0 Å². The number of benzene rings is 1. The Bertz CT molecular complexity index is 468. The first-order valence-electron chi connectivity index (χ1n) is 3.79.